The third-order valence-electron chi connectivity index (χ3n) is 4.10. The first-order valence-electron chi connectivity index (χ1n) is 8.08. The molecule has 1 saturated heterocycles. The van der Waals surface area contributed by atoms with E-state index in [0.29, 0.717) is 5.82 Å². The summed E-state index contributed by atoms with van der Waals surface area (Å²) in [5, 5.41) is 3.16. The van der Waals surface area contributed by atoms with Crippen LogP contribution >= 0.6 is 0 Å². The molecule has 124 valence electrons. The van der Waals surface area contributed by atoms with E-state index in [9.17, 15) is 8.42 Å². The second-order valence-corrected chi connectivity index (χ2v) is 8.29. The van der Waals surface area contributed by atoms with Crippen molar-refractivity contribution in [3.05, 3.63) is 18.3 Å². The van der Waals surface area contributed by atoms with Crippen LogP contribution in [0.15, 0.2) is 23.2 Å². The van der Waals surface area contributed by atoms with Crippen LogP contribution in [0.25, 0.3) is 0 Å². The Labute approximate surface area is 134 Å². The van der Waals surface area contributed by atoms with Gasteiger partial charge in [0, 0.05) is 25.5 Å². The predicted octanol–water partition coefficient (Wildman–Crippen LogP) is 2.41. The lowest BCUT2D eigenvalue weighted by atomic mass is 10.0. The van der Waals surface area contributed by atoms with E-state index in [1.807, 2.05) is 0 Å². The molecule has 6 heteroatoms. The van der Waals surface area contributed by atoms with Gasteiger partial charge in [0.05, 0.1) is 0 Å². The molecule has 5 nitrogen and oxygen atoms in total. The van der Waals surface area contributed by atoms with E-state index < -0.39 is 9.84 Å². The van der Waals surface area contributed by atoms with Gasteiger partial charge in [-0.2, -0.15) is 0 Å². The minimum Gasteiger partial charge on any atom is -0.369 e. The van der Waals surface area contributed by atoms with Gasteiger partial charge in [0.15, 0.2) is 9.84 Å². The smallest absolute Gasteiger partial charge is 0.179 e. The van der Waals surface area contributed by atoms with Crippen molar-refractivity contribution < 1.29 is 8.42 Å². The van der Waals surface area contributed by atoms with Crippen molar-refractivity contribution in [1.82, 2.24) is 9.88 Å². The summed E-state index contributed by atoms with van der Waals surface area (Å²) in [6.45, 7) is 6.64. The number of aromatic nitrogens is 1. The predicted molar refractivity (Wildman–Crippen MR) is 89.9 cm³/mol. The van der Waals surface area contributed by atoms with E-state index >= 15 is 0 Å². The summed E-state index contributed by atoms with van der Waals surface area (Å²) in [5.74, 6) is 1.29. The Kier molecular flexibility index (Phi) is 6.20. The van der Waals surface area contributed by atoms with Gasteiger partial charge in [0.1, 0.15) is 10.7 Å². The van der Waals surface area contributed by atoms with Crippen molar-refractivity contribution in [1.29, 1.82) is 0 Å². The Bertz CT molecular complexity index is 575. The fourth-order valence-corrected chi connectivity index (χ4v) is 3.78. The van der Waals surface area contributed by atoms with E-state index in [-0.39, 0.29) is 4.90 Å². The van der Waals surface area contributed by atoms with Gasteiger partial charge in [-0.25, -0.2) is 13.4 Å². The maximum absolute atomic E-state index is 11.7. The highest BCUT2D eigenvalue weighted by molar-refractivity contribution is 7.90. The number of likely N-dealkylation sites (tertiary alicyclic amines) is 1. The van der Waals surface area contributed by atoms with Gasteiger partial charge in [-0.05, 0) is 56.8 Å². The highest BCUT2D eigenvalue weighted by Gasteiger charge is 2.16. The van der Waals surface area contributed by atoms with Gasteiger partial charge >= 0.3 is 0 Å². The molecule has 0 spiro atoms. The topological polar surface area (TPSA) is 62.3 Å². The maximum Gasteiger partial charge on any atom is 0.179 e. The van der Waals surface area contributed by atoms with Crippen LogP contribution in [-0.2, 0) is 9.84 Å². The Morgan fingerprint density at radius 3 is 2.95 bits per heavy atom. The van der Waals surface area contributed by atoms with Crippen LogP contribution in [0.1, 0.15) is 32.6 Å². The molecule has 1 N–H and O–H groups in total. The molecule has 0 radical (unpaired) electrons. The van der Waals surface area contributed by atoms with Gasteiger partial charge in [-0.15, -0.1) is 0 Å². The molecule has 2 rings (SSSR count). The second kappa shape index (κ2) is 7.92. The summed E-state index contributed by atoms with van der Waals surface area (Å²) in [6, 6.07) is 3.25. The molecule has 1 fully saturated rings. The van der Waals surface area contributed by atoms with Crippen LogP contribution in [0.5, 0.6) is 0 Å². The molecule has 0 bridgehead atoms. The number of nitrogens with one attached hydrogen (secondary N) is 1. The van der Waals surface area contributed by atoms with Crippen molar-refractivity contribution in [3.8, 4) is 0 Å². The first kappa shape index (κ1) is 17.2. The number of hydrogen-bond acceptors (Lipinski definition) is 5. The summed E-state index contributed by atoms with van der Waals surface area (Å²) < 4.78 is 23.4. The average molecular weight is 325 g/mol. The Morgan fingerprint density at radius 2 is 2.23 bits per heavy atom. The molecule has 0 aromatic carbocycles. The fraction of sp³-hybridized carbons (Fsp3) is 0.688. The Balaban J connectivity index is 1.73. The number of unbranched alkanes of at least 4 members (excludes halogenated alkanes) is 1. The van der Waals surface area contributed by atoms with Crippen molar-refractivity contribution >= 4 is 15.7 Å². The quantitative estimate of drug-likeness (QED) is 0.780. The lowest BCUT2D eigenvalue weighted by Gasteiger charge is -2.30. The number of piperidine rings is 1. The summed E-state index contributed by atoms with van der Waals surface area (Å²) >= 11 is 0. The molecule has 1 unspecified atom stereocenters. The highest BCUT2D eigenvalue weighted by atomic mass is 32.2. The third kappa shape index (κ3) is 5.25. The molecular weight excluding hydrogens is 298 g/mol. The first-order chi connectivity index (χ1) is 10.5. The number of rotatable bonds is 7. The van der Waals surface area contributed by atoms with Crippen LogP contribution in [0.2, 0.25) is 0 Å². The molecule has 1 aromatic heterocycles. The summed E-state index contributed by atoms with van der Waals surface area (Å²) in [5.41, 5.74) is 0. The summed E-state index contributed by atoms with van der Waals surface area (Å²) in [4.78, 5) is 6.96. The van der Waals surface area contributed by atoms with E-state index in [2.05, 4.69) is 22.1 Å². The number of pyridine rings is 1. The van der Waals surface area contributed by atoms with Crippen LogP contribution in [-0.4, -0.2) is 50.7 Å². The van der Waals surface area contributed by atoms with Gasteiger partial charge in [0.2, 0.25) is 0 Å². The van der Waals surface area contributed by atoms with E-state index in [0.717, 1.165) is 31.8 Å². The van der Waals surface area contributed by atoms with Gasteiger partial charge in [-0.3, -0.25) is 0 Å². The Hall–Kier alpha value is -1.14. The zero-order valence-electron chi connectivity index (χ0n) is 13.6. The molecule has 1 aliphatic rings. The number of sulfone groups is 1. The van der Waals surface area contributed by atoms with Gasteiger partial charge in [-0.1, -0.05) is 6.92 Å². The molecule has 1 atom stereocenters. The van der Waals surface area contributed by atoms with Crippen LogP contribution in [0.3, 0.4) is 0 Å². The highest BCUT2D eigenvalue weighted by Crippen LogP contribution is 2.18. The first-order valence-corrected chi connectivity index (χ1v) is 9.97. The normalized spacial score (nSPS) is 20.0. The number of nitrogens with zero attached hydrogens (tertiary/aromatic N) is 2. The molecule has 1 aromatic rings. The maximum atomic E-state index is 11.7. The zero-order valence-corrected chi connectivity index (χ0v) is 14.4. The largest absolute Gasteiger partial charge is 0.369 e. The van der Waals surface area contributed by atoms with E-state index in [4.69, 9.17) is 0 Å². The molecule has 1 aliphatic heterocycles. The van der Waals surface area contributed by atoms with Crippen molar-refractivity contribution in [2.24, 2.45) is 5.92 Å². The standard InChI is InChI=1S/C16H27N3O2S/c1-14-7-6-12-19(13-14)11-4-3-9-17-16-15(22(2,20)21)8-5-10-18-16/h5,8,10,14H,3-4,6-7,9,11-13H2,1-2H3,(H,17,18). The lowest BCUT2D eigenvalue weighted by molar-refractivity contribution is 0.181. The third-order valence-corrected chi connectivity index (χ3v) is 5.23. The van der Waals surface area contributed by atoms with Crippen LogP contribution in [0.4, 0.5) is 5.82 Å². The Morgan fingerprint density at radius 1 is 1.41 bits per heavy atom. The van der Waals surface area contributed by atoms with E-state index in [1.54, 1.807) is 18.3 Å². The molecule has 0 aliphatic carbocycles. The summed E-state index contributed by atoms with van der Waals surface area (Å²) in [6.07, 6.45) is 7.64. The van der Waals surface area contributed by atoms with Gasteiger partial charge in [0.25, 0.3) is 0 Å². The van der Waals surface area contributed by atoms with Gasteiger partial charge < -0.3 is 10.2 Å². The van der Waals surface area contributed by atoms with Crippen LogP contribution < -0.4 is 5.32 Å². The minimum absolute atomic E-state index is 0.278. The summed E-state index contributed by atoms with van der Waals surface area (Å²) in [7, 11) is -3.23. The van der Waals surface area contributed by atoms with Crippen molar-refractivity contribution in [2.45, 2.75) is 37.5 Å². The minimum atomic E-state index is -3.23. The zero-order chi connectivity index (χ0) is 16.0. The van der Waals surface area contributed by atoms with Crippen molar-refractivity contribution in [3.63, 3.8) is 0 Å². The molecule has 0 amide bonds. The molecular formula is C16H27N3O2S. The van der Waals surface area contributed by atoms with E-state index in [1.165, 1.54) is 32.2 Å². The SMILES string of the molecule is CC1CCCN(CCCCNc2ncccc2S(C)(=O)=O)C1. The van der Waals surface area contributed by atoms with Crippen LogP contribution in [0, 0.1) is 5.92 Å². The fourth-order valence-electron chi connectivity index (χ4n) is 2.98. The molecule has 0 saturated carbocycles. The molecule has 22 heavy (non-hydrogen) atoms. The number of hydrogen-bond donors (Lipinski definition) is 1. The number of anilines is 1. The average Bonchev–Trinajstić information content (AvgIpc) is 2.46. The monoisotopic (exact) mass is 325 g/mol. The molecule has 2 heterocycles. The van der Waals surface area contributed by atoms with Crippen molar-refractivity contribution in [2.75, 3.05) is 37.8 Å². The lowest BCUT2D eigenvalue weighted by Crippen LogP contribution is -2.35. The second-order valence-electron chi connectivity index (χ2n) is 6.30.